The maximum atomic E-state index is 13.1. The fraction of sp³-hybridized carbons (Fsp3) is 0.600. The predicted molar refractivity (Wildman–Crippen MR) is 99.7 cm³/mol. The Morgan fingerprint density at radius 2 is 1.82 bits per heavy atom. The number of ether oxygens (including phenoxy) is 1. The van der Waals surface area contributed by atoms with Crippen LogP contribution in [0.4, 0.5) is 9.18 Å². The fourth-order valence-corrected chi connectivity index (χ4v) is 4.21. The Morgan fingerprint density at radius 3 is 2.50 bits per heavy atom. The van der Waals surface area contributed by atoms with Crippen molar-refractivity contribution >= 4 is 12.0 Å². The van der Waals surface area contributed by atoms with E-state index in [1.165, 1.54) is 42.0 Å². The van der Waals surface area contributed by atoms with Crippen LogP contribution in [0.15, 0.2) is 24.3 Å². The standard InChI is InChI=1S/C20H26FN3O4/c21-14-2-6-16(7-3-14)28-17-12-18(24(13-17)20(26)27)19(25)23-9-1-8-22(10-11-23)15-4-5-15/h2-3,6-7,15,17-18H,1,4-5,8-13H2,(H,26,27)/t17-,18+/m0/s1. The van der Waals surface area contributed by atoms with Gasteiger partial charge in [-0.05, 0) is 43.5 Å². The van der Waals surface area contributed by atoms with Gasteiger partial charge in [0.1, 0.15) is 23.7 Å². The van der Waals surface area contributed by atoms with Gasteiger partial charge in [-0.1, -0.05) is 0 Å². The Hall–Kier alpha value is -2.35. The summed E-state index contributed by atoms with van der Waals surface area (Å²) < 4.78 is 18.9. The molecule has 0 aromatic heterocycles. The lowest BCUT2D eigenvalue weighted by Gasteiger charge is -2.28. The molecule has 2 atom stereocenters. The molecular formula is C20H26FN3O4. The number of halogens is 1. The largest absolute Gasteiger partial charge is 0.488 e. The van der Waals surface area contributed by atoms with Crippen LogP contribution in [0.5, 0.6) is 5.75 Å². The van der Waals surface area contributed by atoms with Crippen LogP contribution in [0.3, 0.4) is 0 Å². The predicted octanol–water partition coefficient (Wildman–Crippen LogP) is 2.02. The zero-order valence-electron chi connectivity index (χ0n) is 15.8. The minimum atomic E-state index is -1.11. The first kappa shape index (κ1) is 19.0. The van der Waals surface area contributed by atoms with E-state index < -0.39 is 18.2 Å². The SMILES string of the molecule is O=C([C@H]1C[C@H](Oc2ccc(F)cc2)CN1C(=O)O)N1CCCN(C2CC2)CC1. The Bertz CT molecular complexity index is 725. The minimum Gasteiger partial charge on any atom is -0.488 e. The highest BCUT2D eigenvalue weighted by Gasteiger charge is 2.43. The number of hydrogen-bond donors (Lipinski definition) is 1. The first-order valence-corrected chi connectivity index (χ1v) is 9.96. The molecule has 3 aliphatic rings. The van der Waals surface area contributed by atoms with E-state index in [0.717, 1.165) is 19.5 Å². The van der Waals surface area contributed by atoms with E-state index in [-0.39, 0.29) is 18.3 Å². The van der Waals surface area contributed by atoms with Gasteiger partial charge in [-0.25, -0.2) is 9.18 Å². The molecule has 0 bridgehead atoms. The summed E-state index contributed by atoms with van der Waals surface area (Å²) in [6, 6.07) is 5.56. The fourth-order valence-electron chi connectivity index (χ4n) is 4.21. The molecule has 0 radical (unpaired) electrons. The number of likely N-dealkylation sites (tertiary alicyclic amines) is 1. The number of nitrogens with zero attached hydrogens (tertiary/aromatic N) is 3. The summed E-state index contributed by atoms with van der Waals surface area (Å²) in [6.45, 7) is 3.28. The number of rotatable bonds is 4. The highest BCUT2D eigenvalue weighted by Crippen LogP contribution is 2.29. The van der Waals surface area contributed by atoms with E-state index >= 15 is 0 Å². The van der Waals surface area contributed by atoms with Crippen molar-refractivity contribution in [2.75, 3.05) is 32.7 Å². The number of carbonyl (C=O) groups is 2. The normalized spacial score (nSPS) is 26.2. The molecule has 2 saturated heterocycles. The molecule has 152 valence electrons. The first-order chi connectivity index (χ1) is 13.5. The van der Waals surface area contributed by atoms with E-state index in [4.69, 9.17) is 4.74 Å². The van der Waals surface area contributed by atoms with Gasteiger partial charge < -0.3 is 14.7 Å². The van der Waals surface area contributed by atoms with Crippen LogP contribution in [-0.4, -0.2) is 82.7 Å². The lowest BCUT2D eigenvalue weighted by Crippen LogP contribution is -2.48. The van der Waals surface area contributed by atoms with Crippen LogP contribution in [-0.2, 0) is 4.79 Å². The second-order valence-corrected chi connectivity index (χ2v) is 7.83. The Kier molecular flexibility index (Phi) is 5.39. The molecule has 1 aromatic carbocycles. The smallest absolute Gasteiger partial charge is 0.408 e. The molecule has 0 unspecified atom stereocenters. The van der Waals surface area contributed by atoms with Gasteiger partial charge in [0.05, 0.1) is 6.54 Å². The second-order valence-electron chi connectivity index (χ2n) is 7.83. The maximum absolute atomic E-state index is 13.1. The summed E-state index contributed by atoms with van der Waals surface area (Å²) in [4.78, 5) is 30.2. The van der Waals surface area contributed by atoms with Crippen molar-refractivity contribution in [2.24, 2.45) is 0 Å². The summed E-state index contributed by atoms with van der Waals surface area (Å²) in [5.74, 6) is -0.0228. The number of benzene rings is 1. The minimum absolute atomic E-state index is 0.130. The van der Waals surface area contributed by atoms with Crippen molar-refractivity contribution in [3.63, 3.8) is 0 Å². The van der Waals surface area contributed by atoms with Gasteiger partial charge in [-0.3, -0.25) is 14.6 Å². The molecule has 0 spiro atoms. The third-order valence-corrected chi connectivity index (χ3v) is 5.82. The van der Waals surface area contributed by atoms with Gasteiger partial charge in [0.15, 0.2) is 0 Å². The average molecular weight is 391 g/mol. The topological polar surface area (TPSA) is 73.3 Å². The summed E-state index contributed by atoms with van der Waals surface area (Å²) >= 11 is 0. The lowest BCUT2D eigenvalue weighted by atomic mass is 10.1. The van der Waals surface area contributed by atoms with E-state index in [2.05, 4.69) is 4.90 Å². The zero-order valence-corrected chi connectivity index (χ0v) is 15.8. The van der Waals surface area contributed by atoms with Gasteiger partial charge in [0.2, 0.25) is 5.91 Å². The molecule has 1 N–H and O–H groups in total. The van der Waals surface area contributed by atoms with Crippen LogP contribution >= 0.6 is 0 Å². The molecule has 1 saturated carbocycles. The van der Waals surface area contributed by atoms with E-state index in [1.807, 2.05) is 4.90 Å². The highest BCUT2D eigenvalue weighted by atomic mass is 19.1. The third kappa shape index (κ3) is 4.22. The van der Waals surface area contributed by atoms with Gasteiger partial charge in [-0.15, -0.1) is 0 Å². The van der Waals surface area contributed by atoms with Crippen molar-refractivity contribution in [3.05, 3.63) is 30.1 Å². The van der Waals surface area contributed by atoms with Crippen molar-refractivity contribution in [2.45, 2.75) is 43.9 Å². The van der Waals surface area contributed by atoms with Crippen molar-refractivity contribution < 1.29 is 23.8 Å². The summed E-state index contributed by atoms with van der Waals surface area (Å²) in [5.41, 5.74) is 0. The van der Waals surface area contributed by atoms with Crippen LogP contribution < -0.4 is 4.74 Å². The lowest BCUT2D eigenvalue weighted by molar-refractivity contribution is -0.135. The van der Waals surface area contributed by atoms with Crippen molar-refractivity contribution in [3.8, 4) is 5.75 Å². The Morgan fingerprint density at radius 1 is 1.07 bits per heavy atom. The van der Waals surface area contributed by atoms with E-state index in [0.29, 0.717) is 31.3 Å². The van der Waals surface area contributed by atoms with E-state index in [9.17, 15) is 19.1 Å². The second kappa shape index (κ2) is 7.95. The Balaban J connectivity index is 1.40. The molecule has 8 heteroatoms. The van der Waals surface area contributed by atoms with Crippen molar-refractivity contribution in [1.29, 1.82) is 0 Å². The van der Waals surface area contributed by atoms with Crippen LogP contribution in [0, 0.1) is 5.82 Å². The third-order valence-electron chi connectivity index (χ3n) is 5.82. The summed E-state index contributed by atoms with van der Waals surface area (Å²) in [7, 11) is 0. The van der Waals surface area contributed by atoms with Crippen molar-refractivity contribution in [1.82, 2.24) is 14.7 Å². The molecule has 7 nitrogen and oxygen atoms in total. The average Bonchev–Trinajstić information content (AvgIpc) is 3.46. The molecule has 3 fully saturated rings. The van der Waals surface area contributed by atoms with Crippen LogP contribution in [0.2, 0.25) is 0 Å². The molecule has 1 aliphatic carbocycles. The van der Waals surface area contributed by atoms with Gasteiger partial charge in [-0.2, -0.15) is 0 Å². The quantitative estimate of drug-likeness (QED) is 0.850. The number of amides is 2. The van der Waals surface area contributed by atoms with Gasteiger partial charge in [0.25, 0.3) is 0 Å². The molecule has 28 heavy (non-hydrogen) atoms. The molecule has 1 aromatic rings. The first-order valence-electron chi connectivity index (χ1n) is 9.96. The van der Waals surface area contributed by atoms with Gasteiger partial charge >= 0.3 is 6.09 Å². The van der Waals surface area contributed by atoms with Crippen LogP contribution in [0.1, 0.15) is 25.7 Å². The molecule has 2 aliphatic heterocycles. The highest BCUT2D eigenvalue weighted by molar-refractivity contribution is 5.86. The molecule has 4 rings (SSSR count). The Labute approximate surface area is 163 Å². The maximum Gasteiger partial charge on any atom is 0.408 e. The molecular weight excluding hydrogens is 365 g/mol. The number of carbonyl (C=O) groups excluding carboxylic acids is 1. The summed E-state index contributed by atoms with van der Waals surface area (Å²) in [5, 5.41) is 9.57. The monoisotopic (exact) mass is 391 g/mol. The van der Waals surface area contributed by atoms with Gasteiger partial charge in [0, 0.05) is 38.6 Å². The number of carboxylic acid groups (broad SMARTS) is 1. The zero-order chi connectivity index (χ0) is 19.7. The number of hydrogen-bond acceptors (Lipinski definition) is 4. The molecule has 2 heterocycles. The van der Waals surface area contributed by atoms with Crippen LogP contribution in [0.25, 0.3) is 0 Å². The van der Waals surface area contributed by atoms with E-state index in [1.54, 1.807) is 0 Å². The molecule has 2 amide bonds. The summed E-state index contributed by atoms with van der Waals surface area (Å²) in [6.07, 6.45) is 2.17.